The first-order valence-corrected chi connectivity index (χ1v) is 10.9. The molecule has 0 spiro atoms. The van der Waals surface area contributed by atoms with Crippen LogP contribution in [0.1, 0.15) is 17.2 Å². The van der Waals surface area contributed by atoms with E-state index in [1.54, 1.807) is 37.6 Å². The van der Waals surface area contributed by atoms with E-state index in [-0.39, 0.29) is 0 Å². The van der Waals surface area contributed by atoms with Gasteiger partial charge in [-0.1, -0.05) is 0 Å². The second-order valence-corrected chi connectivity index (χ2v) is 7.54. The highest BCUT2D eigenvalue weighted by Gasteiger charge is 2.07. The van der Waals surface area contributed by atoms with Crippen molar-refractivity contribution in [3.05, 3.63) is 17.2 Å². The van der Waals surface area contributed by atoms with Crippen molar-refractivity contribution < 1.29 is 0 Å². The minimum Gasteiger partial charge on any atom is -0.355 e. The normalized spacial score (nSPS) is 11.5. The third-order valence-corrected chi connectivity index (χ3v) is 5.33. The van der Waals surface area contributed by atoms with Crippen LogP contribution >= 0.6 is 23.5 Å². The minimum absolute atomic E-state index is 0.478. The Morgan fingerprint density at radius 3 is 2.04 bits per heavy atom. The number of thioether (sulfide) groups is 2. The maximum absolute atomic E-state index is 8.58. The molecule has 12 heteroatoms. The first-order valence-electron chi connectivity index (χ1n) is 8.55. The van der Waals surface area contributed by atoms with Gasteiger partial charge in [0.05, 0.1) is 11.4 Å². The molecule has 0 radical (unpaired) electrons. The average molecular weight is 423 g/mol. The van der Waals surface area contributed by atoms with Gasteiger partial charge in [-0.15, -0.1) is 0 Å². The molecule has 0 fully saturated rings. The first kappa shape index (κ1) is 23.5. The number of hydrogen-bond acceptors (Lipinski definition) is 7. The molecule has 152 valence electrons. The molecule has 0 bridgehead atoms. The minimum atomic E-state index is 0.478. The van der Waals surface area contributed by atoms with Crippen molar-refractivity contribution in [3.63, 3.8) is 0 Å². The van der Waals surface area contributed by atoms with E-state index < -0.39 is 0 Å². The second kappa shape index (κ2) is 14.5. The van der Waals surface area contributed by atoms with Crippen LogP contribution < -0.4 is 21.3 Å². The van der Waals surface area contributed by atoms with Gasteiger partial charge in [0.25, 0.3) is 0 Å². The van der Waals surface area contributed by atoms with E-state index in [1.807, 2.05) is 19.3 Å². The van der Waals surface area contributed by atoms with Crippen molar-refractivity contribution in [3.8, 4) is 12.4 Å². The standard InChI is InChI=1S/C16H26N10S2/c1-12-13(8-27-6-4-21-15(19-2)23-10-17)26-14(25-12)9-28-7-5-22-16(20-3)24-11-18/h4-9H2,1-3H3,(H,25,26)(H2,19,21,23)(H2,20,22,24). The number of rotatable bonds is 10. The SMILES string of the molecule is CN=C(NC#N)NCCSCc1nc(CSCCNC(=NC)NC#N)c(C)[nH]1. The number of aryl methyl sites for hydroxylation is 1. The summed E-state index contributed by atoms with van der Waals surface area (Å²) >= 11 is 3.53. The Balaban J connectivity index is 2.24. The molecule has 1 heterocycles. The number of nitrogens with zero attached hydrogens (tertiary/aromatic N) is 5. The molecule has 0 saturated heterocycles. The van der Waals surface area contributed by atoms with E-state index in [0.29, 0.717) is 18.5 Å². The Morgan fingerprint density at radius 2 is 1.54 bits per heavy atom. The van der Waals surface area contributed by atoms with Gasteiger partial charge in [-0.25, -0.2) is 4.98 Å². The monoisotopic (exact) mass is 422 g/mol. The number of hydrogen-bond donors (Lipinski definition) is 5. The van der Waals surface area contributed by atoms with Crippen molar-refractivity contribution in [1.82, 2.24) is 31.2 Å². The molecule has 0 aliphatic rings. The fourth-order valence-electron chi connectivity index (χ4n) is 2.06. The summed E-state index contributed by atoms with van der Waals surface area (Å²) in [7, 11) is 3.25. The number of aliphatic imine (C=N–C) groups is 2. The molecule has 1 aromatic rings. The molecule has 28 heavy (non-hydrogen) atoms. The van der Waals surface area contributed by atoms with Crippen LogP contribution in [0.4, 0.5) is 0 Å². The number of aromatic nitrogens is 2. The van der Waals surface area contributed by atoms with Crippen LogP contribution in [0, 0.1) is 29.8 Å². The third-order valence-electron chi connectivity index (χ3n) is 3.39. The zero-order chi connectivity index (χ0) is 20.6. The van der Waals surface area contributed by atoms with Crippen molar-refractivity contribution >= 4 is 35.4 Å². The highest BCUT2D eigenvalue weighted by Crippen LogP contribution is 2.16. The lowest BCUT2D eigenvalue weighted by molar-refractivity contribution is 0.930. The quantitative estimate of drug-likeness (QED) is 0.119. The van der Waals surface area contributed by atoms with Gasteiger partial charge in [0.1, 0.15) is 5.82 Å². The van der Waals surface area contributed by atoms with Gasteiger partial charge in [-0.3, -0.25) is 20.6 Å². The van der Waals surface area contributed by atoms with Gasteiger partial charge in [0, 0.05) is 50.1 Å². The molecule has 1 aromatic heterocycles. The van der Waals surface area contributed by atoms with E-state index >= 15 is 0 Å². The average Bonchev–Trinajstić information content (AvgIpc) is 3.05. The highest BCUT2D eigenvalue weighted by atomic mass is 32.2. The number of nitriles is 2. The molecule has 5 N–H and O–H groups in total. The van der Waals surface area contributed by atoms with E-state index in [4.69, 9.17) is 10.5 Å². The Morgan fingerprint density at radius 1 is 1.00 bits per heavy atom. The van der Waals surface area contributed by atoms with Gasteiger partial charge in [0.15, 0.2) is 12.4 Å². The van der Waals surface area contributed by atoms with E-state index in [2.05, 4.69) is 41.2 Å². The molecule has 1 rings (SSSR count). The lowest BCUT2D eigenvalue weighted by Crippen LogP contribution is -2.35. The lowest BCUT2D eigenvalue weighted by Gasteiger charge is -2.06. The summed E-state index contributed by atoms with van der Waals surface area (Å²) < 4.78 is 0. The largest absolute Gasteiger partial charge is 0.355 e. The highest BCUT2D eigenvalue weighted by molar-refractivity contribution is 7.98. The predicted octanol–water partition coefficient (Wildman–Crippen LogP) is 0.477. The zero-order valence-corrected chi connectivity index (χ0v) is 17.9. The van der Waals surface area contributed by atoms with Crippen LogP contribution in [-0.4, -0.2) is 60.6 Å². The van der Waals surface area contributed by atoms with Crippen LogP contribution in [0.25, 0.3) is 0 Å². The molecule has 0 aliphatic carbocycles. The molecule has 0 atom stereocenters. The third kappa shape index (κ3) is 9.39. The molecule has 0 aliphatic heterocycles. The van der Waals surface area contributed by atoms with Gasteiger partial charge in [-0.2, -0.15) is 34.0 Å². The number of guanidine groups is 2. The fourth-order valence-corrected chi connectivity index (χ4v) is 3.64. The Hall–Kier alpha value is -2.57. The first-order chi connectivity index (χ1) is 13.6. The summed E-state index contributed by atoms with van der Waals surface area (Å²) in [6, 6.07) is 0. The van der Waals surface area contributed by atoms with Crippen molar-refractivity contribution in [1.29, 1.82) is 10.5 Å². The van der Waals surface area contributed by atoms with Crippen LogP contribution in [-0.2, 0) is 11.5 Å². The number of nitrogens with one attached hydrogen (secondary N) is 5. The summed E-state index contributed by atoms with van der Waals surface area (Å²) in [6.07, 6.45) is 3.68. The summed E-state index contributed by atoms with van der Waals surface area (Å²) in [4.78, 5) is 15.9. The Bertz CT molecular complexity index is 729. The number of H-pyrrole nitrogens is 1. The Kier molecular flexibility index (Phi) is 12.1. The van der Waals surface area contributed by atoms with Crippen LogP contribution in [0.2, 0.25) is 0 Å². The molecular weight excluding hydrogens is 396 g/mol. The van der Waals surface area contributed by atoms with E-state index in [0.717, 1.165) is 46.8 Å². The van der Waals surface area contributed by atoms with Crippen LogP contribution in [0.15, 0.2) is 9.98 Å². The van der Waals surface area contributed by atoms with Crippen LogP contribution in [0.3, 0.4) is 0 Å². The molecule has 10 nitrogen and oxygen atoms in total. The maximum atomic E-state index is 8.58. The summed E-state index contributed by atoms with van der Waals surface area (Å²) in [5.41, 5.74) is 2.16. The second-order valence-electron chi connectivity index (χ2n) is 5.33. The van der Waals surface area contributed by atoms with E-state index in [9.17, 15) is 0 Å². The Labute approximate surface area is 174 Å². The molecule has 0 unspecified atom stereocenters. The van der Waals surface area contributed by atoms with Crippen molar-refractivity contribution in [2.45, 2.75) is 18.4 Å². The zero-order valence-electron chi connectivity index (χ0n) is 16.3. The van der Waals surface area contributed by atoms with Gasteiger partial charge >= 0.3 is 0 Å². The predicted molar refractivity (Wildman–Crippen MR) is 116 cm³/mol. The van der Waals surface area contributed by atoms with Gasteiger partial charge in [0.2, 0.25) is 11.9 Å². The number of aromatic amines is 1. The molecule has 0 saturated carbocycles. The topological polar surface area (TPSA) is 149 Å². The van der Waals surface area contributed by atoms with Gasteiger partial charge < -0.3 is 15.6 Å². The van der Waals surface area contributed by atoms with E-state index in [1.165, 1.54) is 0 Å². The summed E-state index contributed by atoms with van der Waals surface area (Å²) in [6.45, 7) is 3.47. The van der Waals surface area contributed by atoms with Crippen molar-refractivity contribution in [2.24, 2.45) is 9.98 Å². The number of imidazole rings is 1. The molecule has 0 aromatic carbocycles. The fraction of sp³-hybridized carbons (Fsp3) is 0.562. The lowest BCUT2D eigenvalue weighted by atomic mass is 10.4. The smallest absolute Gasteiger partial charge is 0.204 e. The summed E-state index contributed by atoms with van der Waals surface area (Å²) in [5, 5.41) is 28.2. The van der Waals surface area contributed by atoms with Crippen molar-refractivity contribution in [2.75, 3.05) is 38.7 Å². The van der Waals surface area contributed by atoms with Crippen LogP contribution in [0.5, 0.6) is 0 Å². The summed E-state index contributed by atoms with van der Waals surface area (Å²) in [5.74, 6) is 5.31. The van der Waals surface area contributed by atoms with Gasteiger partial charge in [-0.05, 0) is 6.92 Å². The molecular formula is C16H26N10S2. The maximum Gasteiger partial charge on any atom is 0.204 e. The molecule has 0 amide bonds.